The zero-order chi connectivity index (χ0) is 79.5. The van der Waals surface area contributed by atoms with Crippen molar-refractivity contribution < 1.29 is 58.8 Å². The Balaban J connectivity index is 0.000000469. The highest BCUT2D eigenvalue weighted by atomic mass is 31.2. The van der Waals surface area contributed by atoms with Crippen LogP contribution in [-0.2, 0) is 77.7 Å². The van der Waals surface area contributed by atoms with Crippen LogP contribution in [0.2, 0.25) is 0 Å². The Kier molecular flexibility index (Phi) is 48.7. The van der Waals surface area contributed by atoms with E-state index < -0.39 is 39.8 Å². The predicted molar refractivity (Wildman–Crippen MR) is 477 cm³/mol. The lowest BCUT2D eigenvalue weighted by Crippen LogP contribution is -2.45. The van der Waals surface area contributed by atoms with Crippen molar-refractivity contribution in [1.29, 1.82) is 0 Å². The molecule has 4 fully saturated rings. The lowest BCUT2D eigenvalue weighted by atomic mass is 9.78. The molecule has 4 aliphatic rings. The monoisotopic (exact) mass is 1640 g/mol. The molecule has 0 radical (unpaired) electrons. The smallest absolute Gasteiger partial charge is 0.397 e. The van der Waals surface area contributed by atoms with Crippen molar-refractivity contribution in [3.8, 4) is 17.2 Å². The summed E-state index contributed by atoms with van der Waals surface area (Å²) in [4.78, 5) is 0. The molecule has 110 heavy (non-hydrogen) atoms. The van der Waals surface area contributed by atoms with Gasteiger partial charge in [-0.3, -0.25) is 0 Å². The predicted octanol–water partition coefficient (Wildman–Crippen LogP) is 31.3. The fraction of sp³-hybridized carbons (Fsp3) is 0.804. The first kappa shape index (κ1) is 103. The van der Waals surface area contributed by atoms with Crippen molar-refractivity contribution >= 4 is 43.9 Å². The number of hydrogen-bond donors (Lipinski definition) is 0. The van der Waals surface area contributed by atoms with Gasteiger partial charge in [-0.15, -0.1) is 0 Å². The van der Waals surface area contributed by atoms with Gasteiger partial charge < -0.3 is 58.8 Å². The van der Waals surface area contributed by atoms with E-state index in [1.165, 1.54) is 237 Å². The second-order valence-electron chi connectivity index (χ2n) is 38.2. The molecular formula is C92H167O13P5. The van der Waals surface area contributed by atoms with Crippen molar-refractivity contribution in [2.45, 2.75) is 405 Å². The summed E-state index contributed by atoms with van der Waals surface area (Å²) in [7, 11) is -3.27. The van der Waals surface area contributed by atoms with Crippen LogP contribution in [0.1, 0.15) is 403 Å². The van der Waals surface area contributed by atoms with E-state index in [9.17, 15) is 0 Å². The van der Waals surface area contributed by atoms with Crippen LogP contribution in [0.3, 0.4) is 0 Å². The minimum Gasteiger partial charge on any atom is -0.480 e. The van der Waals surface area contributed by atoms with Crippen LogP contribution in [-0.4, -0.2) is 66.1 Å². The van der Waals surface area contributed by atoms with Crippen molar-refractivity contribution in [2.24, 2.45) is 10.8 Å². The van der Waals surface area contributed by atoms with E-state index >= 15 is 0 Å². The zero-order valence-electron chi connectivity index (χ0n) is 72.9. The lowest BCUT2D eigenvalue weighted by molar-refractivity contribution is -0.0761. The third-order valence-corrected chi connectivity index (χ3v) is 25.4. The molecule has 4 heterocycles. The summed E-state index contributed by atoms with van der Waals surface area (Å²) in [5.41, 5.74) is 9.02. The molecule has 2 spiro atoms. The second kappa shape index (κ2) is 52.0. The zero-order valence-corrected chi connectivity index (χ0v) is 77.6. The summed E-state index contributed by atoms with van der Waals surface area (Å²) in [5, 5.41) is 0. The molecule has 3 aromatic rings. The summed E-state index contributed by atoms with van der Waals surface area (Å²) in [6.45, 7) is 54.3. The van der Waals surface area contributed by atoms with Gasteiger partial charge in [0.1, 0.15) is 17.2 Å². The maximum atomic E-state index is 6.58. The molecule has 0 saturated carbocycles. The molecule has 18 heteroatoms. The molecule has 7 rings (SSSR count). The van der Waals surface area contributed by atoms with Crippen LogP contribution in [0, 0.1) is 24.7 Å². The summed E-state index contributed by atoms with van der Waals surface area (Å²) in [6, 6.07) is 15.4. The molecule has 0 bridgehead atoms. The van der Waals surface area contributed by atoms with Gasteiger partial charge in [-0.1, -0.05) is 393 Å². The maximum absolute atomic E-state index is 6.58. The standard InChI is InChI=1S/C41H82O6P2.C35H54O6P2.C14H23OP.2CH4/c1-3-5-7-9-11-13-15-17-19-21-23-25-27-29-31-33-35-42-48-44-37-41(38-45-48)39-46-49(47-40-41)43-36-34-32-30-28-26-24-22-20-18-16-14-12-10-8-6-4-2;1-23-15-25(31(3,4)5)29(26(16-23)32(6,7)8)40-42-36-19-35(20-37-42)21-38-43(39-22-35)41-30-27(33(9,10)11)17-24(2)18-28(30)34(12,13)14;1-13(2,3)10-7-8-12(15-16)11(9-10)14(4,5)6;;/h3-40H2,1-2H3;15-18H,19-22H2,1-14H3;7-9H,16H2,1-6H3;2*1H4. The molecule has 4 aliphatic heterocycles. The Morgan fingerprint density at radius 2 is 0.536 bits per heavy atom. The van der Waals surface area contributed by atoms with Crippen LogP contribution in [0.25, 0.3) is 0 Å². The topological polar surface area (TPSA) is 120 Å². The minimum atomic E-state index is -1.56. The first-order chi connectivity index (χ1) is 51.0. The van der Waals surface area contributed by atoms with Crippen molar-refractivity contribution in [2.75, 3.05) is 66.1 Å². The van der Waals surface area contributed by atoms with Crippen molar-refractivity contribution in [1.82, 2.24) is 0 Å². The largest absolute Gasteiger partial charge is 0.480 e. The Labute approximate surface area is 684 Å². The van der Waals surface area contributed by atoms with E-state index in [-0.39, 0.29) is 52.8 Å². The summed E-state index contributed by atoms with van der Waals surface area (Å²) in [5.74, 6) is 2.71. The Hall–Kier alpha value is -1.19. The molecule has 1 atom stereocenters. The van der Waals surface area contributed by atoms with Crippen LogP contribution >= 0.6 is 43.9 Å². The average Bonchev–Trinajstić information content (AvgIpc) is 0.775. The Morgan fingerprint density at radius 1 is 0.309 bits per heavy atom. The highest BCUT2D eigenvalue weighted by Crippen LogP contribution is 2.58. The van der Waals surface area contributed by atoms with Crippen LogP contribution in [0.5, 0.6) is 17.2 Å². The molecule has 0 aromatic heterocycles. The van der Waals surface area contributed by atoms with Crippen LogP contribution < -0.4 is 13.6 Å². The first-order valence-corrected chi connectivity index (χ1v) is 47.6. The maximum Gasteiger partial charge on any atom is 0.397 e. The van der Waals surface area contributed by atoms with E-state index in [0.717, 1.165) is 43.3 Å². The molecule has 0 aliphatic carbocycles. The van der Waals surface area contributed by atoms with Crippen molar-refractivity contribution in [3.63, 3.8) is 0 Å². The molecule has 0 amide bonds. The third kappa shape index (κ3) is 38.7. The molecule has 13 nitrogen and oxygen atoms in total. The molecular weight excluding hydrogens is 1470 g/mol. The number of rotatable bonds is 41. The van der Waals surface area contributed by atoms with E-state index in [2.05, 4.69) is 204 Å². The number of aryl methyl sites for hydroxylation is 2. The van der Waals surface area contributed by atoms with E-state index in [1.807, 2.05) is 0 Å². The second-order valence-corrected chi connectivity index (χ2v) is 43.2. The Morgan fingerprint density at radius 3 is 0.755 bits per heavy atom. The molecule has 638 valence electrons. The fourth-order valence-corrected chi connectivity index (χ4v) is 19.1. The quantitative estimate of drug-likeness (QED) is 0.0396. The highest BCUT2D eigenvalue weighted by Gasteiger charge is 2.47. The van der Waals surface area contributed by atoms with E-state index in [4.69, 9.17) is 58.8 Å². The number of hydrogen-bond acceptors (Lipinski definition) is 13. The van der Waals surface area contributed by atoms with Gasteiger partial charge in [0.25, 0.3) is 0 Å². The first-order valence-electron chi connectivity index (χ1n) is 42.7. The third-order valence-electron chi connectivity index (χ3n) is 21.0. The lowest BCUT2D eigenvalue weighted by Gasteiger charge is -2.42. The van der Waals surface area contributed by atoms with Gasteiger partial charge >= 0.3 is 34.4 Å². The fourth-order valence-electron chi connectivity index (χ4n) is 13.8. The van der Waals surface area contributed by atoms with Crippen LogP contribution in [0.15, 0.2) is 42.5 Å². The summed E-state index contributed by atoms with van der Waals surface area (Å²) < 4.78 is 79.2. The van der Waals surface area contributed by atoms with Crippen LogP contribution in [0.4, 0.5) is 0 Å². The van der Waals surface area contributed by atoms with Gasteiger partial charge in [0.05, 0.1) is 86.4 Å². The van der Waals surface area contributed by atoms with Crippen molar-refractivity contribution in [3.05, 3.63) is 87.0 Å². The highest BCUT2D eigenvalue weighted by molar-refractivity contribution is 7.43. The molecule has 0 N–H and O–H groups in total. The summed E-state index contributed by atoms with van der Waals surface area (Å²) >= 11 is 0. The molecule has 1 unspecified atom stereocenters. The summed E-state index contributed by atoms with van der Waals surface area (Å²) in [6.07, 6.45) is 44.1. The van der Waals surface area contributed by atoms with Gasteiger partial charge in [-0.2, -0.15) is 0 Å². The molecule has 4 saturated heterocycles. The normalized spacial score (nSPS) is 20.6. The van der Waals surface area contributed by atoms with E-state index in [0.29, 0.717) is 52.9 Å². The van der Waals surface area contributed by atoms with E-state index in [1.54, 1.807) is 0 Å². The van der Waals surface area contributed by atoms with Gasteiger partial charge in [0, 0.05) is 27.8 Å². The average molecular weight is 1640 g/mol. The van der Waals surface area contributed by atoms with Gasteiger partial charge in [-0.25, -0.2) is 0 Å². The number of benzene rings is 3. The molecule has 3 aromatic carbocycles. The number of unbranched alkanes of at least 4 members (excludes halogenated alkanes) is 30. The Bertz CT molecular complexity index is 2670. The van der Waals surface area contributed by atoms with Gasteiger partial charge in [-0.05, 0) is 70.8 Å². The SMILES string of the molecule is C.C.CC(C)(C)c1ccc(OP)c(C(C)(C)C)c1.CCCCCCCCCCCCCCCCCCOP1OCC2(CO1)COP(OCCCCCCCCCCCCCCCCCC)OC2.Cc1cc(C(C)(C)C)c(OP2OCC3(CO2)COP(Oc2c(C(C)(C)C)cc(C)cc2C(C)(C)C)OC3)c(C(C)(C)C)c1. The van der Waals surface area contributed by atoms with Gasteiger partial charge in [0.2, 0.25) is 0 Å². The van der Waals surface area contributed by atoms with Gasteiger partial charge in [0.15, 0.2) is 0 Å². The minimum absolute atomic E-state index is 0.